The second-order valence-electron chi connectivity index (χ2n) is 8.55. The Labute approximate surface area is 237 Å². The minimum absolute atomic E-state index is 0.0410. The van der Waals surface area contributed by atoms with Crippen LogP contribution < -0.4 is 14.5 Å². The number of aryl methyl sites for hydroxylation is 1. The zero-order valence-electron chi connectivity index (χ0n) is 21.4. The monoisotopic (exact) mass is 584 g/mol. The highest BCUT2D eigenvalue weighted by molar-refractivity contribution is 7.92. The molecule has 1 aromatic heterocycles. The topological polar surface area (TPSA) is 93.0 Å². The van der Waals surface area contributed by atoms with E-state index in [2.05, 4.69) is 10.5 Å². The summed E-state index contributed by atoms with van der Waals surface area (Å²) in [6.45, 7) is 3.29. The first-order chi connectivity index (χ1) is 18.6. The van der Waals surface area contributed by atoms with Crippen LogP contribution in [0.5, 0.6) is 5.75 Å². The Balaban J connectivity index is 1.58. The Hall–Kier alpha value is -3.79. The maximum Gasteiger partial charge on any atom is 0.264 e. The van der Waals surface area contributed by atoms with E-state index in [9.17, 15) is 13.2 Å². The molecule has 1 N–H and O–H groups in total. The number of hydrogen-bond acceptors (Lipinski definition) is 5. The summed E-state index contributed by atoms with van der Waals surface area (Å²) < 4.78 is 35.4. The van der Waals surface area contributed by atoms with Crippen LogP contribution in [0.4, 0.5) is 5.69 Å². The number of hydrazone groups is 1. The molecule has 0 aliphatic rings. The Bertz CT molecular complexity index is 1640. The van der Waals surface area contributed by atoms with E-state index in [0.717, 1.165) is 26.9 Å². The van der Waals surface area contributed by atoms with Crippen molar-refractivity contribution in [1.29, 1.82) is 0 Å². The third-order valence-corrected chi connectivity index (χ3v) is 8.31. The van der Waals surface area contributed by atoms with Crippen LogP contribution in [0.15, 0.2) is 88.9 Å². The van der Waals surface area contributed by atoms with Crippen molar-refractivity contribution in [2.75, 3.05) is 18.0 Å². The van der Waals surface area contributed by atoms with Crippen LogP contribution in [0, 0.1) is 13.8 Å². The van der Waals surface area contributed by atoms with Crippen LogP contribution >= 0.6 is 23.2 Å². The molecule has 39 heavy (non-hydrogen) atoms. The zero-order valence-corrected chi connectivity index (χ0v) is 23.8. The van der Waals surface area contributed by atoms with Crippen LogP contribution in [0.2, 0.25) is 10.0 Å². The van der Waals surface area contributed by atoms with E-state index in [0.29, 0.717) is 15.8 Å². The number of methoxy groups -OCH3 is 1. The minimum Gasteiger partial charge on any atom is -0.495 e. The number of nitrogens with one attached hydrogen (secondary N) is 1. The van der Waals surface area contributed by atoms with Crippen LogP contribution in [0.25, 0.3) is 5.69 Å². The summed E-state index contributed by atoms with van der Waals surface area (Å²) in [6.07, 6.45) is 1.49. The second kappa shape index (κ2) is 11.9. The largest absolute Gasteiger partial charge is 0.495 e. The summed E-state index contributed by atoms with van der Waals surface area (Å²) in [7, 11) is -2.66. The van der Waals surface area contributed by atoms with Gasteiger partial charge < -0.3 is 9.30 Å². The Morgan fingerprint density at radius 2 is 1.72 bits per heavy atom. The average molecular weight is 586 g/mol. The van der Waals surface area contributed by atoms with Crippen LogP contribution in [-0.4, -0.2) is 38.8 Å². The SMILES string of the molecule is COc1ccccc1N(CC(=O)N/N=C/c1cc(C)n(-c2cc(Cl)ccc2Cl)c1C)S(=O)(=O)c1ccccc1. The van der Waals surface area contributed by atoms with Crippen LogP contribution in [-0.2, 0) is 14.8 Å². The van der Waals surface area contributed by atoms with Gasteiger partial charge in [-0.05, 0) is 62.4 Å². The van der Waals surface area contributed by atoms with Crippen molar-refractivity contribution in [3.63, 3.8) is 0 Å². The molecule has 202 valence electrons. The lowest BCUT2D eigenvalue weighted by molar-refractivity contribution is -0.119. The van der Waals surface area contributed by atoms with E-state index >= 15 is 0 Å². The van der Waals surface area contributed by atoms with Crippen molar-refractivity contribution in [1.82, 2.24) is 9.99 Å². The standard InChI is InChI=1S/C28H26Cl2N4O4S/c1-19-15-21(20(2)34(19)26-16-22(29)13-14-24(26)30)17-31-32-28(35)18-33(25-11-7-8-12-27(25)38-3)39(36,37)23-9-5-4-6-10-23/h4-17H,18H2,1-3H3,(H,32,35)/b31-17+. The van der Waals surface area contributed by atoms with Crippen LogP contribution in [0.3, 0.4) is 0 Å². The molecule has 8 nitrogen and oxygen atoms in total. The maximum atomic E-state index is 13.5. The summed E-state index contributed by atoms with van der Waals surface area (Å²) in [5.41, 5.74) is 5.84. The Morgan fingerprint density at radius 1 is 1.03 bits per heavy atom. The molecule has 0 atom stereocenters. The average Bonchev–Trinajstić information content (AvgIpc) is 3.21. The molecule has 0 unspecified atom stereocenters. The highest BCUT2D eigenvalue weighted by Gasteiger charge is 2.29. The number of carbonyl (C=O) groups is 1. The number of aromatic nitrogens is 1. The maximum absolute atomic E-state index is 13.5. The fourth-order valence-electron chi connectivity index (χ4n) is 4.14. The summed E-state index contributed by atoms with van der Waals surface area (Å²) in [6, 6.07) is 21.6. The van der Waals surface area contributed by atoms with Gasteiger partial charge in [0.15, 0.2) is 0 Å². The first kappa shape index (κ1) is 28.2. The molecule has 1 amide bonds. The van der Waals surface area contributed by atoms with Gasteiger partial charge in [0.05, 0.1) is 34.6 Å². The van der Waals surface area contributed by atoms with Gasteiger partial charge in [0.1, 0.15) is 12.3 Å². The number of carbonyl (C=O) groups excluding carboxylic acids is 1. The Morgan fingerprint density at radius 3 is 2.44 bits per heavy atom. The van der Waals surface area contributed by atoms with Gasteiger partial charge in [0.25, 0.3) is 15.9 Å². The highest BCUT2D eigenvalue weighted by atomic mass is 35.5. The number of hydrogen-bond donors (Lipinski definition) is 1. The van der Waals surface area contributed by atoms with Crippen molar-refractivity contribution in [3.05, 3.63) is 106 Å². The number of anilines is 1. The lowest BCUT2D eigenvalue weighted by Gasteiger charge is -2.25. The molecule has 4 rings (SSSR count). The van der Waals surface area contributed by atoms with E-state index in [1.807, 2.05) is 24.5 Å². The van der Waals surface area contributed by atoms with Gasteiger partial charge in [-0.25, -0.2) is 13.8 Å². The third-order valence-electron chi connectivity index (χ3n) is 5.98. The van der Waals surface area contributed by atoms with Gasteiger partial charge in [-0.15, -0.1) is 0 Å². The minimum atomic E-state index is -4.09. The molecule has 0 spiro atoms. The zero-order chi connectivity index (χ0) is 28.2. The molecule has 11 heteroatoms. The van der Waals surface area contributed by atoms with Crippen molar-refractivity contribution < 1.29 is 17.9 Å². The summed E-state index contributed by atoms with van der Waals surface area (Å²) >= 11 is 12.6. The molecule has 0 radical (unpaired) electrons. The van der Waals surface area contributed by atoms with E-state index in [1.165, 1.54) is 25.5 Å². The van der Waals surface area contributed by atoms with Gasteiger partial charge in [-0.2, -0.15) is 5.10 Å². The lowest BCUT2D eigenvalue weighted by atomic mass is 10.2. The number of para-hydroxylation sites is 2. The predicted octanol–water partition coefficient (Wildman–Crippen LogP) is 5.76. The number of benzene rings is 3. The molecule has 0 fully saturated rings. The van der Waals surface area contributed by atoms with Gasteiger partial charge in [0.2, 0.25) is 0 Å². The van der Waals surface area contributed by atoms with E-state index < -0.39 is 22.5 Å². The number of halogens is 2. The molecule has 0 aliphatic heterocycles. The normalized spacial score (nSPS) is 11.5. The van der Waals surface area contributed by atoms with E-state index in [-0.39, 0.29) is 10.6 Å². The van der Waals surface area contributed by atoms with Crippen LogP contribution in [0.1, 0.15) is 17.0 Å². The van der Waals surface area contributed by atoms with Gasteiger partial charge in [-0.1, -0.05) is 53.5 Å². The van der Waals surface area contributed by atoms with Gasteiger partial charge in [0, 0.05) is 22.0 Å². The fraction of sp³-hybridized carbons (Fsp3) is 0.143. The molecule has 0 bridgehead atoms. The molecule has 0 aliphatic carbocycles. The number of amides is 1. The molecule has 1 heterocycles. The quantitative estimate of drug-likeness (QED) is 0.200. The van der Waals surface area contributed by atoms with Crippen molar-refractivity contribution in [3.8, 4) is 11.4 Å². The van der Waals surface area contributed by atoms with Crippen molar-refractivity contribution in [2.24, 2.45) is 5.10 Å². The predicted molar refractivity (Wildman–Crippen MR) is 155 cm³/mol. The van der Waals surface area contributed by atoms with E-state index in [1.54, 1.807) is 60.7 Å². The smallest absolute Gasteiger partial charge is 0.264 e. The van der Waals surface area contributed by atoms with Gasteiger partial charge in [-0.3, -0.25) is 9.10 Å². The first-order valence-corrected chi connectivity index (χ1v) is 14.0. The number of rotatable bonds is 9. The molecule has 3 aromatic carbocycles. The Kier molecular flexibility index (Phi) is 8.64. The number of nitrogens with zero attached hydrogens (tertiary/aromatic N) is 3. The van der Waals surface area contributed by atoms with Gasteiger partial charge >= 0.3 is 0 Å². The van der Waals surface area contributed by atoms with Crippen molar-refractivity contribution >= 4 is 51.0 Å². The summed E-state index contributed by atoms with van der Waals surface area (Å²) in [4.78, 5) is 13.0. The summed E-state index contributed by atoms with van der Waals surface area (Å²) in [5.74, 6) is -0.330. The molecular formula is C28H26Cl2N4O4S. The first-order valence-electron chi connectivity index (χ1n) is 11.8. The fourth-order valence-corrected chi connectivity index (χ4v) is 5.96. The lowest BCUT2D eigenvalue weighted by Crippen LogP contribution is -2.39. The molecule has 0 saturated carbocycles. The van der Waals surface area contributed by atoms with E-state index in [4.69, 9.17) is 27.9 Å². The molecular weight excluding hydrogens is 559 g/mol. The number of sulfonamides is 1. The number of ether oxygens (including phenoxy) is 1. The molecule has 0 saturated heterocycles. The molecule has 4 aromatic rings. The van der Waals surface area contributed by atoms with Crippen molar-refractivity contribution in [2.45, 2.75) is 18.7 Å². The highest BCUT2D eigenvalue weighted by Crippen LogP contribution is 2.32. The summed E-state index contributed by atoms with van der Waals surface area (Å²) in [5, 5.41) is 5.17. The second-order valence-corrected chi connectivity index (χ2v) is 11.3. The third kappa shape index (κ3) is 6.11.